The second-order valence-corrected chi connectivity index (χ2v) is 3.59. The van der Waals surface area contributed by atoms with Crippen LogP contribution in [-0.2, 0) is 4.94 Å². The largest absolute Gasteiger partial charge is 0.488 e. The van der Waals surface area contributed by atoms with Gasteiger partial charge in [-0.1, -0.05) is 36.4 Å². The Morgan fingerprint density at radius 1 is 1.11 bits per heavy atom. The lowest BCUT2D eigenvalue weighted by molar-refractivity contribution is -0.112. The van der Waals surface area contributed by atoms with Crippen LogP contribution in [0, 0.1) is 0 Å². The number of hydroxylamine groups is 3. The second-order valence-electron chi connectivity index (χ2n) is 3.59. The van der Waals surface area contributed by atoms with Crippen molar-refractivity contribution in [2.24, 2.45) is 0 Å². The minimum absolute atomic E-state index is 0.525. The molecule has 6 heteroatoms. The number of rotatable bonds is 1. The molecule has 1 aromatic rings. The third kappa shape index (κ3) is 3.24. The van der Waals surface area contributed by atoms with Crippen LogP contribution in [0.1, 0.15) is 0 Å². The average Bonchev–Trinajstić information content (AvgIpc) is 2.89. The van der Waals surface area contributed by atoms with Gasteiger partial charge in [-0.05, 0) is 17.6 Å². The van der Waals surface area contributed by atoms with Gasteiger partial charge in [0.2, 0.25) is 0 Å². The zero-order chi connectivity index (χ0) is 12.8. The molecule has 0 bridgehead atoms. The first-order chi connectivity index (χ1) is 8.77. The molecule has 2 heterocycles. The molecule has 3 N–H and O–H groups in total. The maximum absolute atomic E-state index is 8.58. The monoisotopic (exact) mass is 244 g/mol. The van der Waals surface area contributed by atoms with Crippen LogP contribution < -0.4 is 10.9 Å². The van der Waals surface area contributed by atoms with E-state index in [0.717, 1.165) is 5.70 Å². The molecule has 1 aromatic carbocycles. The molecule has 0 saturated carbocycles. The van der Waals surface area contributed by atoms with Gasteiger partial charge in [0, 0.05) is 6.20 Å². The second kappa shape index (κ2) is 6.06. The lowest BCUT2D eigenvalue weighted by Crippen LogP contribution is -2.29. The van der Waals surface area contributed by atoms with Gasteiger partial charge in [0.15, 0.2) is 0 Å². The molecule has 3 rings (SSSR count). The van der Waals surface area contributed by atoms with Gasteiger partial charge < -0.3 is 10.0 Å². The topological polar surface area (TPSA) is 65.0 Å². The molecule has 2 aliphatic rings. The van der Waals surface area contributed by atoms with Gasteiger partial charge in [0.25, 0.3) is 0 Å². The Hall–Kier alpha value is -2.02. The van der Waals surface area contributed by atoms with Crippen LogP contribution in [0.25, 0.3) is 0 Å². The lowest BCUT2D eigenvalue weighted by Gasteiger charge is -2.12. The van der Waals surface area contributed by atoms with Crippen molar-refractivity contribution in [3.8, 4) is 0 Å². The molecule has 0 unspecified atom stereocenters. The van der Waals surface area contributed by atoms with Crippen LogP contribution in [0.5, 0.6) is 0 Å². The molecule has 0 aromatic heterocycles. The summed E-state index contributed by atoms with van der Waals surface area (Å²) in [5.41, 5.74) is 4.18. The van der Waals surface area contributed by atoms with Crippen LogP contribution in [-0.4, -0.2) is 22.2 Å². The number of benzene rings is 1. The SMILES string of the molecule is C1=CC2=CNON2C=C1.OB(O)c1ccccc1. The predicted octanol–water partition coefficient (Wildman–Crippen LogP) is 0.0295. The summed E-state index contributed by atoms with van der Waals surface area (Å²) >= 11 is 0. The van der Waals surface area contributed by atoms with Gasteiger partial charge in [-0.2, -0.15) is 4.94 Å². The summed E-state index contributed by atoms with van der Waals surface area (Å²) in [4.78, 5) is 4.91. The van der Waals surface area contributed by atoms with E-state index in [1.54, 1.807) is 35.5 Å². The zero-order valence-electron chi connectivity index (χ0n) is 9.60. The first-order valence-electron chi connectivity index (χ1n) is 5.45. The zero-order valence-corrected chi connectivity index (χ0v) is 9.60. The van der Waals surface area contributed by atoms with E-state index >= 15 is 0 Å². The van der Waals surface area contributed by atoms with Crippen molar-refractivity contribution in [3.05, 3.63) is 66.7 Å². The molecular formula is C12H13BN2O3. The highest BCUT2D eigenvalue weighted by Crippen LogP contribution is 2.14. The van der Waals surface area contributed by atoms with Crippen LogP contribution >= 0.6 is 0 Å². The van der Waals surface area contributed by atoms with E-state index in [9.17, 15) is 0 Å². The van der Waals surface area contributed by atoms with Crippen molar-refractivity contribution in [2.45, 2.75) is 0 Å². The highest BCUT2D eigenvalue weighted by molar-refractivity contribution is 6.58. The summed E-state index contributed by atoms with van der Waals surface area (Å²) in [7, 11) is -1.34. The van der Waals surface area contributed by atoms with Crippen LogP contribution in [0.3, 0.4) is 0 Å². The Kier molecular flexibility index (Phi) is 4.19. The van der Waals surface area contributed by atoms with E-state index in [0.29, 0.717) is 5.46 Å². The fourth-order valence-corrected chi connectivity index (χ4v) is 1.41. The Morgan fingerprint density at radius 2 is 1.89 bits per heavy atom. The van der Waals surface area contributed by atoms with E-state index in [1.807, 2.05) is 30.5 Å². The highest BCUT2D eigenvalue weighted by Gasteiger charge is 2.11. The summed E-state index contributed by atoms with van der Waals surface area (Å²) in [5.74, 6) is 0. The molecule has 0 fully saturated rings. The lowest BCUT2D eigenvalue weighted by atomic mass is 9.81. The molecular weight excluding hydrogens is 231 g/mol. The van der Waals surface area contributed by atoms with Crippen molar-refractivity contribution in [1.29, 1.82) is 0 Å². The van der Waals surface area contributed by atoms with Crippen molar-refractivity contribution in [1.82, 2.24) is 10.5 Å². The average molecular weight is 244 g/mol. The fraction of sp³-hybridized carbons (Fsp3) is 0. The Morgan fingerprint density at radius 3 is 2.50 bits per heavy atom. The van der Waals surface area contributed by atoms with Gasteiger partial charge in [-0.25, -0.2) is 10.5 Å². The van der Waals surface area contributed by atoms with Crippen molar-refractivity contribution >= 4 is 12.6 Å². The Balaban J connectivity index is 0.000000134. The predicted molar refractivity (Wildman–Crippen MR) is 68.7 cm³/mol. The fourth-order valence-electron chi connectivity index (χ4n) is 1.41. The summed E-state index contributed by atoms with van der Waals surface area (Å²) in [6.07, 6.45) is 9.45. The molecule has 0 amide bonds. The summed E-state index contributed by atoms with van der Waals surface area (Å²) < 4.78 is 0. The molecule has 92 valence electrons. The maximum atomic E-state index is 8.58. The van der Waals surface area contributed by atoms with Crippen LogP contribution in [0.4, 0.5) is 0 Å². The molecule has 2 aliphatic heterocycles. The Labute approximate surface area is 105 Å². The summed E-state index contributed by atoms with van der Waals surface area (Å²) in [6, 6.07) is 8.66. The minimum atomic E-state index is -1.34. The molecule has 0 radical (unpaired) electrons. The number of nitrogens with one attached hydrogen (secondary N) is 1. The van der Waals surface area contributed by atoms with E-state index in [4.69, 9.17) is 15.0 Å². The maximum Gasteiger partial charge on any atom is 0.488 e. The number of hydrogen-bond acceptors (Lipinski definition) is 5. The van der Waals surface area contributed by atoms with Gasteiger partial charge in [0.1, 0.15) is 0 Å². The van der Waals surface area contributed by atoms with Gasteiger partial charge in [-0.15, -0.1) is 0 Å². The molecule has 18 heavy (non-hydrogen) atoms. The standard InChI is InChI=1S/C6H7BO2.C6H6N2O/c8-7(9)6-4-2-1-3-5-6;1-2-4-8-6(3-1)5-7-9-8/h1-5,8-9H;1-5,7H. The molecule has 0 atom stereocenters. The van der Waals surface area contributed by atoms with E-state index in [-0.39, 0.29) is 0 Å². The smallest absolute Gasteiger partial charge is 0.423 e. The van der Waals surface area contributed by atoms with Gasteiger partial charge >= 0.3 is 7.12 Å². The van der Waals surface area contributed by atoms with Crippen molar-refractivity contribution in [2.75, 3.05) is 0 Å². The summed E-state index contributed by atoms with van der Waals surface area (Å²) in [5, 5.41) is 18.8. The normalized spacial score (nSPS) is 15.2. The van der Waals surface area contributed by atoms with Crippen LogP contribution in [0.2, 0.25) is 0 Å². The van der Waals surface area contributed by atoms with Crippen molar-refractivity contribution < 1.29 is 15.0 Å². The molecule has 5 nitrogen and oxygen atoms in total. The highest BCUT2D eigenvalue weighted by atomic mass is 16.8. The summed E-state index contributed by atoms with van der Waals surface area (Å²) in [6.45, 7) is 0. The van der Waals surface area contributed by atoms with Gasteiger partial charge in [-0.3, -0.25) is 0 Å². The third-order valence-corrected chi connectivity index (χ3v) is 2.31. The Bertz CT molecular complexity index is 469. The molecule has 0 saturated heterocycles. The number of nitrogens with zero attached hydrogens (tertiary/aromatic N) is 1. The minimum Gasteiger partial charge on any atom is -0.423 e. The molecule has 0 aliphatic carbocycles. The first-order valence-corrected chi connectivity index (χ1v) is 5.45. The first kappa shape index (κ1) is 12.4. The number of fused-ring (bicyclic) bond motifs is 1. The van der Waals surface area contributed by atoms with Gasteiger partial charge in [0.05, 0.1) is 11.9 Å². The quantitative estimate of drug-likeness (QED) is 0.608. The van der Waals surface area contributed by atoms with E-state index < -0.39 is 7.12 Å². The molecule has 0 spiro atoms. The third-order valence-electron chi connectivity index (χ3n) is 2.31. The number of allylic oxidation sites excluding steroid dienone is 3. The van der Waals surface area contributed by atoms with E-state index in [2.05, 4.69) is 5.48 Å². The van der Waals surface area contributed by atoms with E-state index in [1.165, 1.54) is 0 Å². The van der Waals surface area contributed by atoms with Crippen molar-refractivity contribution in [3.63, 3.8) is 0 Å². The number of hydrogen-bond donors (Lipinski definition) is 3. The van der Waals surface area contributed by atoms with Crippen LogP contribution in [0.15, 0.2) is 66.7 Å².